The number of urea groups is 1. The van der Waals surface area contributed by atoms with Gasteiger partial charge in [0.1, 0.15) is 0 Å². The molecule has 0 atom stereocenters. The number of hydrogen-bond acceptors (Lipinski definition) is 4. The van der Waals surface area contributed by atoms with Crippen molar-refractivity contribution in [2.24, 2.45) is 5.92 Å². The predicted molar refractivity (Wildman–Crippen MR) is 117 cm³/mol. The van der Waals surface area contributed by atoms with Crippen LogP contribution in [0.4, 0.5) is 16.2 Å². The van der Waals surface area contributed by atoms with E-state index in [0.29, 0.717) is 13.1 Å². The molecule has 7 nitrogen and oxygen atoms in total. The number of anilines is 2. The lowest BCUT2D eigenvalue weighted by Crippen LogP contribution is -2.49. The Hall–Kier alpha value is -3.22. The molecule has 2 aromatic carbocycles. The van der Waals surface area contributed by atoms with Crippen LogP contribution in [0.5, 0.6) is 11.5 Å². The zero-order valence-corrected chi connectivity index (χ0v) is 17.5. The molecule has 1 N–H and O–H groups in total. The van der Waals surface area contributed by atoms with Crippen LogP contribution < -0.4 is 19.7 Å². The molecular formula is C24H27N3O4. The number of nitrogens with one attached hydrogen (secondary N) is 1. The lowest BCUT2D eigenvalue weighted by Gasteiger charge is -2.35. The van der Waals surface area contributed by atoms with Crippen molar-refractivity contribution >= 4 is 23.3 Å². The van der Waals surface area contributed by atoms with Crippen molar-refractivity contribution in [3.05, 3.63) is 48.0 Å². The fourth-order valence-electron chi connectivity index (χ4n) is 4.58. The van der Waals surface area contributed by atoms with Gasteiger partial charge in [-0.05, 0) is 61.2 Å². The third-order valence-electron chi connectivity index (χ3n) is 6.29. The standard InChI is InChI=1S/C24H27N3O4/c28-23(18-4-1-2-5-18)25-19-7-9-20(10-8-19)27-13-3-12-26(24(27)29)15-17-6-11-21-22(14-17)31-16-30-21/h6-11,14,18H,1-5,12-13,15-16H2,(H,25,28). The molecule has 0 radical (unpaired) electrons. The summed E-state index contributed by atoms with van der Waals surface area (Å²) in [5.41, 5.74) is 2.64. The first kappa shape index (κ1) is 19.7. The Balaban J connectivity index is 1.23. The highest BCUT2D eigenvalue weighted by atomic mass is 16.7. The number of benzene rings is 2. The number of hydrogen-bond donors (Lipinski definition) is 1. The van der Waals surface area contributed by atoms with Gasteiger partial charge in [0.05, 0.1) is 0 Å². The largest absolute Gasteiger partial charge is 0.454 e. The number of amides is 3. The van der Waals surface area contributed by atoms with Crippen LogP contribution in [-0.4, -0.2) is 36.7 Å². The average Bonchev–Trinajstić information content (AvgIpc) is 3.48. The summed E-state index contributed by atoms with van der Waals surface area (Å²) in [4.78, 5) is 29.1. The van der Waals surface area contributed by atoms with Gasteiger partial charge in [0.15, 0.2) is 11.5 Å². The molecule has 162 valence electrons. The number of fused-ring (bicyclic) bond motifs is 1. The van der Waals surface area contributed by atoms with Crippen LogP contribution in [0.25, 0.3) is 0 Å². The monoisotopic (exact) mass is 421 g/mol. The maximum absolute atomic E-state index is 13.1. The van der Waals surface area contributed by atoms with Gasteiger partial charge in [-0.1, -0.05) is 18.9 Å². The Morgan fingerprint density at radius 2 is 1.74 bits per heavy atom. The van der Waals surface area contributed by atoms with E-state index in [1.807, 2.05) is 47.4 Å². The number of carbonyl (C=O) groups excluding carboxylic acids is 2. The van der Waals surface area contributed by atoms with Crippen LogP contribution in [0.15, 0.2) is 42.5 Å². The molecule has 0 aromatic heterocycles. The third kappa shape index (κ3) is 4.17. The van der Waals surface area contributed by atoms with Crippen molar-refractivity contribution < 1.29 is 19.1 Å². The average molecular weight is 421 g/mol. The molecule has 31 heavy (non-hydrogen) atoms. The van der Waals surface area contributed by atoms with Gasteiger partial charge in [-0.2, -0.15) is 0 Å². The smallest absolute Gasteiger partial charge is 0.324 e. The molecular weight excluding hydrogens is 394 g/mol. The van der Waals surface area contributed by atoms with Crippen LogP contribution in [-0.2, 0) is 11.3 Å². The van der Waals surface area contributed by atoms with Gasteiger partial charge in [-0.3, -0.25) is 9.69 Å². The first-order valence-electron chi connectivity index (χ1n) is 11.0. The number of nitrogens with zero attached hydrogens (tertiary/aromatic N) is 2. The molecule has 3 aliphatic rings. The van der Waals surface area contributed by atoms with E-state index in [2.05, 4.69) is 5.32 Å². The first-order valence-corrected chi connectivity index (χ1v) is 11.0. The zero-order valence-electron chi connectivity index (χ0n) is 17.5. The fourth-order valence-corrected chi connectivity index (χ4v) is 4.58. The van der Waals surface area contributed by atoms with Gasteiger partial charge < -0.3 is 19.7 Å². The van der Waals surface area contributed by atoms with Crippen molar-refractivity contribution in [2.45, 2.75) is 38.6 Å². The molecule has 0 unspecified atom stereocenters. The van der Waals surface area contributed by atoms with Crippen molar-refractivity contribution in [3.63, 3.8) is 0 Å². The Bertz CT molecular complexity index is 969. The second-order valence-electron chi connectivity index (χ2n) is 8.41. The Kier molecular flexibility index (Phi) is 5.40. The topological polar surface area (TPSA) is 71.1 Å². The van der Waals surface area contributed by atoms with E-state index in [9.17, 15) is 9.59 Å². The summed E-state index contributed by atoms with van der Waals surface area (Å²) in [6, 6.07) is 13.4. The van der Waals surface area contributed by atoms with E-state index in [4.69, 9.17) is 9.47 Å². The predicted octanol–water partition coefficient (Wildman–Crippen LogP) is 4.38. The maximum atomic E-state index is 13.1. The summed E-state index contributed by atoms with van der Waals surface area (Å²) in [6.07, 6.45) is 5.13. The molecule has 1 aliphatic carbocycles. The van der Waals surface area contributed by atoms with Crippen molar-refractivity contribution in [2.75, 3.05) is 30.1 Å². The second-order valence-corrected chi connectivity index (χ2v) is 8.41. The van der Waals surface area contributed by atoms with Crippen LogP contribution in [0.1, 0.15) is 37.7 Å². The number of rotatable bonds is 5. The third-order valence-corrected chi connectivity index (χ3v) is 6.29. The summed E-state index contributed by atoms with van der Waals surface area (Å²) in [7, 11) is 0. The molecule has 3 amide bonds. The fraction of sp³-hybridized carbons (Fsp3) is 0.417. The Morgan fingerprint density at radius 1 is 0.968 bits per heavy atom. The highest BCUT2D eigenvalue weighted by molar-refractivity contribution is 5.95. The second kappa shape index (κ2) is 8.49. The summed E-state index contributed by atoms with van der Waals surface area (Å²) in [5, 5.41) is 3.01. The highest BCUT2D eigenvalue weighted by Crippen LogP contribution is 2.33. The van der Waals surface area contributed by atoms with Crippen LogP contribution in [0.2, 0.25) is 0 Å². The lowest BCUT2D eigenvalue weighted by molar-refractivity contribution is -0.119. The normalized spacial score (nSPS) is 18.5. The van der Waals surface area contributed by atoms with Gasteiger partial charge >= 0.3 is 6.03 Å². The molecule has 0 spiro atoms. The van der Waals surface area contributed by atoms with Crippen LogP contribution in [0, 0.1) is 5.92 Å². The minimum atomic E-state index is -0.00772. The summed E-state index contributed by atoms with van der Waals surface area (Å²) < 4.78 is 10.8. The van der Waals surface area contributed by atoms with Gasteiger partial charge in [-0.25, -0.2) is 4.79 Å². The SMILES string of the molecule is O=C(Nc1ccc(N2CCCN(Cc3ccc4c(c3)OCO4)C2=O)cc1)C1CCCC1. The minimum absolute atomic E-state index is 0.00772. The summed E-state index contributed by atoms with van der Waals surface area (Å²) >= 11 is 0. The van der Waals surface area contributed by atoms with E-state index < -0.39 is 0 Å². The molecule has 2 aliphatic heterocycles. The Labute approximate surface area is 181 Å². The van der Waals surface area contributed by atoms with E-state index in [1.165, 1.54) is 0 Å². The van der Waals surface area contributed by atoms with Crippen molar-refractivity contribution in [1.29, 1.82) is 0 Å². The Morgan fingerprint density at radius 3 is 2.55 bits per heavy atom. The van der Waals surface area contributed by atoms with E-state index >= 15 is 0 Å². The van der Waals surface area contributed by atoms with E-state index in [-0.39, 0.29) is 24.6 Å². The van der Waals surface area contributed by atoms with Gasteiger partial charge in [0.25, 0.3) is 0 Å². The zero-order chi connectivity index (χ0) is 21.2. The maximum Gasteiger partial charge on any atom is 0.324 e. The molecule has 1 saturated heterocycles. The molecule has 5 rings (SSSR count). The summed E-state index contributed by atoms with van der Waals surface area (Å²) in [6.45, 7) is 2.18. The molecule has 7 heteroatoms. The lowest BCUT2D eigenvalue weighted by atomic mass is 10.1. The van der Waals surface area contributed by atoms with Crippen molar-refractivity contribution in [1.82, 2.24) is 4.90 Å². The quantitative estimate of drug-likeness (QED) is 0.778. The van der Waals surface area contributed by atoms with E-state index in [1.54, 1.807) is 4.90 Å². The number of ether oxygens (including phenoxy) is 2. The molecule has 2 heterocycles. The van der Waals surface area contributed by atoms with Gasteiger partial charge in [-0.15, -0.1) is 0 Å². The van der Waals surface area contributed by atoms with Crippen molar-refractivity contribution in [3.8, 4) is 11.5 Å². The van der Waals surface area contributed by atoms with Crippen LogP contribution >= 0.6 is 0 Å². The van der Waals surface area contributed by atoms with E-state index in [0.717, 1.165) is 67.1 Å². The molecule has 2 aromatic rings. The molecule has 1 saturated carbocycles. The molecule has 2 fully saturated rings. The summed E-state index contributed by atoms with van der Waals surface area (Å²) in [5.74, 6) is 1.71. The molecule has 0 bridgehead atoms. The highest BCUT2D eigenvalue weighted by Gasteiger charge is 2.28. The van der Waals surface area contributed by atoms with Gasteiger partial charge in [0, 0.05) is 36.9 Å². The first-order chi connectivity index (χ1) is 15.2. The van der Waals surface area contributed by atoms with Gasteiger partial charge in [0.2, 0.25) is 12.7 Å². The minimum Gasteiger partial charge on any atom is -0.454 e. The number of carbonyl (C=O) groups is 2. The van der Waals surface area contributed by atoms with Crippen LogP contribution in [0.3, 0.4) is 0 Å².